The van der Waals surface area contributed by atoms with E-state index >= 15 is 0 Å². The lowest BCUT2D eigenvalue weighted by Gasteiger charge is -2.17. The number of alkyl halides is 3. The highest BCUT2D eigenvalue weighted by molar-refractivity contribution is 5.83. The number of amides is 1. The maximum absolute atomic E-state index is 12.1. The molecule has 0 aliphatic heterocycles. The van der Waals surface area contributed by atoms with Gasteiger partial charge in [-0.2, -0.15) is 13.2 Å². The third kappa shape index (κ3) is 12.3. The van der Waals surface area contributed by atoms with Gasteiger partial charge in [0.05, 0.1) is 0 Å². The first-order valence-corrected chi connectivity index (χ1v) is 7.60. The predicted molar refractivity (Wildman–Crippen MR) is 81.6 cm³/mol. The fourth-order valence-corrected chi connectivity index (χ4v) is 1.81. The first kappa shape index (κ1) is 20.5. The first-order chi connectivity index (χ1) is 10.3. The predicted octanol–water partition coefficient (Wildman–Crippen LogP) is 2.27. The summed E-state index contributed by atoms with van der Waals surface area (Å²) in [5.41, 5.74) is 5.56. The van der Waals surface area contributed by atoms with Crippen LogP contribution in [0.1, 0.15) is 45.4 Å². The summed E-state index contributed by atoms with van der Waals surface area (Å²) in [5.74, 6) is -0.635. The third-order valence-electron chi connectivity index (χ3n) is 3.06. The fraction of sp³-hybridized carbons (Fsp3) is 0.857. The van der Waals surface area contributed by atoms with E-state index in [9.17, 15) is 18.0 Å². The van der Waals surface area contributed by atoms with Crippen LogP contribution in [0.5, 0.6) is 0 Å². The van der Waals surface area contributed by atoms with Crippen LogP contribution >= 0.6 is 0 Å². The molecule has 0 rings (SSSR count). The van der Waals surface area contributed by atoms with Gasteiger partial charge in [0.2, 0.25) is 5.91 Å². The number of likely N-dealkylation sites (N-methyl/N-ethyl adjacent to an activating group) is 1. The molecule has 0 saturated carbocycles. The van der Waals surface area contributed by atoms with Crippen LogP contribution < -0.4 is 11.1 Å². The van der Waals surface area contributed by atoms with Gasteiger partial charge in [0.15, 0.2) is 5.96 Å². The average molecular weight is 324 g/mol. The Morgan fingerprint density at radius 2 is 1.77 bits per heavy atom. The lowest BCUT2D eigenvalue weighted by molar-refractivity contribution is -0.157. The summed E-state index contributed by atoms with van der Waals surface area (Å²) in [6, 6.07) is 0. The molecule has 130 valence electrons. The summed E-state index contributed by atoms with van der Waals surface area (Å²) >= 11 is 0. The van der Waals surface area contributed by atoms with Crippen LogP contribution in [0.2, 0.25) is 0 Å². The quantitative estimate of drug-likeness (QED) is 0.368. The smallest absolute Gasteiger partial charge is 0.370 e. The van der Waals surface area contributed by atoms with Crippen molar-refractivity contribution in [1.29, 1.82) is 0 Å². The van der Waals surface area contributed by atoms with Crippen molar-refractivity contribution in [2.75, 3.05) is 26.7 Å². The molecule has 0 fully saturated rings. The van der Waals surface area contributed by atoms with Gasteiger partial charge in [0.1, 0.15) is 13.1 Å². The van der Waals surface area contributed by atoms with Crippen LogP contribution in [0, 0.1) is 0 Å². The number of hydrogen-bond acceptors (Lipinski definition) is 2. The van der Waals surface area contributed by atoms with Gasteiger partial charge in [-0.15, -0.1) is 0 Å². The van der Waals surface area contributed by atoms with E-state index in [1.54, 1.807) is 0 Å². The van der Waals surface area contributed by atoms with Crippen molar-refractivity contribution in [2.45, 2.75) is 51.6 Å². The summed E-state index contributed by atoms with van der Waals surface area (Å²) in [4.78, 5) is 15.8. The minimum Gasteiger partial charge on any atom is -0.370 e. The normalized spacial score (nSPS) is 12.3. The lowest BCUT2D eigenvalue weighted by atomic mass is 10.1. The topological polar surface area (TPSA) is 70.7 Å². The van der Waals surface area contributed by atoms with Crippen molar-refractivity contribution in [3.8, 4) is 0 Å². The molecule has 0 aromatic carbocycles. The van der Waals surface area contributed by atoms with E-state index in [0.29, 0.717) is 11.4 Å². The van der Waals surface area contributed by atoms with Crippen LogP contribution in [0.3, 0.4) is 0 Å². The molecule has 5 nitrogen and oxygen atoms in total. The monoisotopic (exact) mass is 324 g/mol. The number of hydrogen-bond donors (Lipinski definition) is 2. The van der Waals surface area contributed by atoms with Gasteiger partial charge in [-0.1, -0.05) is 39.0 Å². The van der Waals surface area contributed by atoms with E-state index in [1.165, 1.54) is 25.7 Å². The molecule has 0 atom stereocenters. The Kier molecular flexibility index (Phi) is 10.4. The molecule has 0 aliphatic carbocycles. The molecular formula is C14H27F3N4O. The largest absolute Gasteiger partial charge is 0.406 e. The number of nitrogens with one attached hydrogen (secondary N) is 1. The Hall–Kier alpha value is -1.47. The number of carbonyl (C=O) groups excluding carboxylic acids is 1. The van der Waals surface area contributed by atoms with E-state index in [4.69, 9.17) is 5.73 Å². The number of aliphatic imine (C=N–C) groups is 1. The van der Waals surface area contributed by atoms with Crippen molar-refractivity contribution < 1.29 is 18.0 Å². The van der Waals surface area contributed by atoms with Gasteiger partial charge in [-0.05, 0) is 6.42 Å². The van der Waals surface area contributed by atoms with Gasteiger partial charge >= 0.3 is 6.18 Å². The Morgan fingerprint density at radius 1 is 1.18 bits per heavy atom. The van der Waals surface area contributed by atoms with Crippen molar-refractivity contribution in [1.82, 2.24) is 10.2 Å². The molecular weight excluding hydrogens is 297 g/mol. The SMILES string of the molecule is CCCCCCCCNC(N)=NCC(=O)N(C)CC(F)(F)F. The Labute approximate surface area is 130 Å². The molecule has 1 amide bonds. The van der Waals surface area contributed by atoms with Crippen LogP contribution in [0.25, 0.3) is 0 Å². The first-order valence-electron chi connectivity index (χ1n) is 7.60. The molecule has 0 aromatic rings. The molecule has 8 heteroatoms. The van der Waals surface area contributed by atoms with Gasteiger partial charge in [0, 0.05) is 13.6 Å². The zero-order valence-corrected chi connectivity index (χ0v) is 13.4. The fourth-order valence-electron chi connectivity index (χ4n) is 1.81. The Balaban J connectivity index is 3.81. The van der Waals surface area contributed by atoms with Gasteiger partial charge in [-0.25, -0.2) is 4.99 Å². The highest BCUT2D eigenvalue weighted by Gasteiger charge is 2.30. The van der Waals surface area contributed by atoms with E-state index in [1.807, 2.05) is 0 Å². The van der Waals surface area contributed by atoms with E-state index in [2.05, 4.69) is 17.2 Å². The van der Waals surface area contributed by atoms with Crippen LogP contribution in [-0.4, -0.2) is 49.6 Å². The number of rotatable bonds is 10. The second-order valence-electron chi connectivity index (χ2n) is 5.26. The zero-order chi connectivity index (χ0) is 17.0. The summed E-state index contributed by atoms with van der Waals surface area (Å²) < 4.78 is 36.3. The molecule has 0 radical (unpaired) electrons. The number of nitrogens with zero attached hydrogens (tertiary/aromatic N) is 2. The van der Waals surface area contributed by atoms with E-state index in [-0.39, 0.29) is 12.5 Å². The van der Waals surface area contributed by atoms with Crippen LogP contribution in [0.15, 0.2) is 4.99 Å². The van der Waals surface area contributed by atoms with Crippen molar-refractivity contribution in [2.24, 2.45) is 10.7 Å². The molecule has 0 saturated heterocycles. The molecule has 0 aliphatic rings. The van der Waals surface area contributed by atoms with Crippen molar-refractivity contribution >= 4 is 11.9 Å². The molecule has 0 heterocycles. The van der Waals surface area contributed by atoms with Crippen molar-refractivity contribution in [3.63, 3.8) is 0 Å². The van der Waals surface area contributed by atoms with Gasteiger partial charge in [-0.3, -0.25) is 4.79 Å². The maximum atomic E-state index is 12.1. The number of carbonyl (C=O) groups is 1. The summed E-state index contributed by atoms with van der Waals surface area (Å²) in [7, 11) is 1.09. The van der Waals surface area contributed by atoms with Crippen LogP contribution in [0.4, 0.5) is 13.2 Å². The van der Waals surface area contributed by atoms with Crippen LogP contribution in [-0.2, 0) is 4.79 Å². The Bertz CT molecular complexity index is 345. The minimum atomic E-state index is -4.41. The minimum absolute atomic E-state index is 0.0855. The van der Waals surface area contributed by atoms with E-state index < -0.39 is 18.6 Å². The molecule has 0 aromatic heterocycles. The molecule has 0 spiro atoms. The van der Waals surface area contributed by atoms with Gasteiger partial charge in [0.25, 0.3) is 0 Å². The third-order valence-corrected chi connectivity index (χ3v) is 3.06. The molecule has 3 N–H and O–H groups in total. The Morgan fingerprint density at radius 3 is 2.36 bits per heavy atom. The number of halogens is 3. The number of nitrogens with two attached hydrogens (primary N) is 1. The average Bonchev–Trinajstić information content (AvgIpc) is 2.41. The summed E-state index contributed by atoms with van der Waals surface area (Å²) in [5, 5.41) is 2.85. The summed E-state index contributed by atoms with van der Waals surface area (Å²) in [6.07, 6.45) is 2.47. The number of unbranched alkanes of at least 4 members (excludes halogenated alkanes) is 5. The maximum Gasteiger partial charge on any atom is 0.406 e. The van der Waals surface area contributed by atoms with Crippen molar-refractivity contribution in [3.05, 3.63) is 0 Å². The molecule has 0 unspecified atom stereocenters. The second-order valence-corrected chi connectivity index (χ2v) is 5.26. The summed E-state index contributed by atoms with van der Waals surface area (Å²) in [6.45, 7) is 1.13. The molecule has 22 heavy (non-hydrogen) atoms. The number of guanidine groups is 1. The van der Waals surface area contributed by atoms with E-state index in [0.717, 1.165) is 19.9 Å². The molecule has 0 bridgehead atoms. The van der Waals surface area contributed by atoms with Gasteiger partial charge < -0.3 is 16.0 Å². The standard InChI is InChI=1S/C14H27F3N4O/c1-3-4-5-6-7-8-9-19-13(18)20-10-12(22)21(2)11-14(15,16)17/h3-11H2,1-2H3,(H3,18,19,20). The highest BCUT2D eigenvalue weighted by Crippen LogP contribution is 2.15. The highest BCUT2D eigenvalue weighted by atomic mass is 19.4. The second kappa shape index (κ2) is 11.1. The lowest BCUT2D eigenvalue weighted by Crippen LogP contribution is -2.38. The zero-order valence-electron chi connectivity index (χ0n) is 13.4.